The molecule has 0 saturated carbocycles. The molecule has 2 rings (SSSR count). The lowest BCUT2D eigenvalue weighted by atomic mass is 10.2. The van der Waals surface area contributed by atoms with Gasteiger partial charge in [0.05, 0.1) is 11.8 Å². The molecule has 0 saturated heterocycles. The number of ether oxygens (including phenoxy) is 1. The lowest BCUT2D eigenvalue weighted by Crippen LogP contribution is -1.79. The molecule has 68 valence electrons. The SMILES string of the molecule is COc1c(Br)sc2c(O)cccc12. The highest BCUT2D eigenvalue weighted by Gasteiger charge is 2.12. The summed E-state index contributed by atoms with van der Waals surface area (Å²) in [5.41, 5.74) is 0. The molecule has 0 unspecified atom stereocenters. The van der Waals surface area contributed by atoms with Crippen LogP contribution in [0.15, 0.2) is 22.0 Å². The van der Waals surface area contributed by atoms with Crippen LogP contribution in [-0.4, -0.2) is 12.2 Å². The normalized spacial score (nSPS) is 10.6. The van der Waals surface area contributed by atoms with E-state index < -0.39 is 0 Å². The molecule has 13 heavy (non-hydrogen) atoms. The number of phenols is 1. The van der Waals surface area contributed by atoms with Gasteiger partial charge < -0.3 is 9.84 Å². The highest BCUT2D eigenvalue weighted by atomic mass is 79.9. The number of fused-ring (bicyclic) bond motifs is 1. The first kappa shape index (κ1) is 8.84. The minimum Gasteiger partial charge on any atom is -0.506 e. The number of aromatic hydroxyl groups is 1. The van der Waals surface area contributed by atoms with Crippen LogP contribution in [0.1, 0.15) is 0 Å². The van der Waals surface area contributed by atoms with Crippen molar-refractivity contribution in [1.29, 1.82) is 0 Å². The van der Waals surface area contributed by atoms with Crippen molar-refractivity contribution in [3.63, 3.8) is 0 Å². The smallest absolute Gasteiger partial charge is 0.151 e. The fourth-order valence-corrected chi connectivity index (χ4v) is 3.01. The molecule has 2 nitrogen and oxygen atoms in total. The summed E-state index contributed by atoms with van der Waals surface area (Å²) in [5.74, 6) is 1.09. The first-order valence-corrected chi connectivity index (χ1v) is 5.29. The Morgan fingerprint density at radius 1 is 1.46 bits per heavy atom. The number of halogens is 1. The molecule has 0 fully saturated rings. The third-order valence-corrected chi connectivity index (χ3v) is 3.66. The van der Waals surface area contributed by atoms with Crippen molar-refractivity contribution in [2.45, 2.75) is 0 Å². The molecule has 0 radical (unpaired) electrons. The van der Waals surface area contributed by atoms with E-state index in [1.165, 1.54) is 11.3 Å². The lowest BCUT2D eigenvalue weighted by Gasteiger charge is -1.97. The van der Waals surface area contributed by atoms with E-state index >= 15 is 0 Å². The van der Waals surface area contributed by atoms with Crippen molar-refractivity contribution in [3.8, 4) is 11.5 Å². The highest BCUT2D eigenvalue weighted by molar-refractivity contribution is 9.11. The molecule has 1 heterocycles. The van der Waals surface area contributed by atoms with Crippen molar-refractivity contribution in [3.05, 3.63) is 22.0 Å². The fourth-order valence-electron chi connectivity index (χ4n) is 1.24. The second kappa shape index (κ2) is 3.20. The topological polar surface area (TPSA) is 29.5 Å². The molecule has 1 aromatic heterocycles. The Hall–Kier alpha value is -0.740. The zero-order valence-electron chi connectivity index (χ0n) is 6.87. The molecule has 2 aromatic rings. The maximum absolute atomic E-state index is 9.54. The summed E-state index contributed by atoms with van der Waals surface area (Å²) < 4.78 is 6.97. The number of phenolic OH excluding ortho intramolecular Hbond substituents is 1. The molecule has 0 aliphatic heterocycles. The zero-order valence-corrected chi connectivity index (χ0v) is 9.28. The van der Waals surface area contributed by atoms with E-state index in [9.17, 15) is 5.11 Å². The third-order valence-electron chi connectivity index (χ3n) is 1.81. The molecule has 0 aliphatic carbocycles. The molecule has 0 amide bonds. The predicted molar refractivity (Wildman–Crippen MR) is 57.7 cm³/mol. The van der Waals surface area contributed by atoms with Crippen LogP contribution < -0.4 is 4.74 Å². The molecular weight excluding hydrogens is 252 g/mol. The monoisotopic (exact) mass is 258 g/mol. The molecule has 1 N–H and O–H groups in total. The number of benzene rings is 1. The van der Waals surface area contributed by atoms with Crippen molar-refractivity contribution in [1.82, 2.24) is 0 Å². The highest BCUT2D eigenvalue weighted by Crippen LogP contribution is 2.44. The van der Waals surface area contributed by atoms with Crippen LogP contribution in [0.25, 0.3) is 10.1 Å². The summed E-state index contributed by atoms with van der Waals surface area (Å²) in [4.78, 5) is 0. The molecule has 0 spiro atoms. The molecule has 1 aromatic carbocycles. The summed E-state index contributed by atoms with van der Waals surface area (Å²) in [5, 5.41) is 10.5. The summed E-state index contributed by atoms with van der Waals surface area (Å²) in [6, 6.07) is 5.40. The van der Waals surface area contributed by atoms with Gasteiger partial charge in [-0.2, -0.15) is 0 Å². The molecule has 0 atom stereocenters. The van der Waals surface area contributed by atoms with E-state index in [1.54, 1.807) is 19.2 Å². The maximum Gasteiger partial charge on any atom is 0.151 e. The van der Waals surface area contributed by atoms with Gasteiger partial charge in [0.15, 0.2) is 5.75 Å². The molecular formula is C9H7BrO2S. The van der Waals surface area contributed by atoms with Gasteiger partial charge in [0.2, 0.25) is 0 Å². The van der Waals surface area contributed by atoms with Crippen LogP contribution in [-0.2, 0) is 0 Å². The minimum absolute atomic E-state index is 0.298. The van der Waals surface area contributed by atoms with Gasteiger partial charge in [0.25, 0.3) is 0 Å². The minimum atomic E-state index is 0.298. The lowest BCUT2D eigenvalue weighted by molar-refractivity contribution is 0.419. The second-order valence-corrected chi connectivity index (χ2v) is 4.90. The van der Waals surface area contributed by atoms with Gasteiger partial charge in [-0.05, 0) is 28.1 Å². The van der Waals surface area contributed by atoms with Gasteiger partial charge in [-0.3, -0.25) is 0 Å². The number of rotatable bonds is 1. The Balaban J connectivity index is 2.86. The summed E-state index contributed by atoms with van der Waals surface area (Å²) in [7, 11) is 1.62. The average molecular weight is 259 g/mol. The largest absolute Gasteiger partial charge is 0.506 e. The zero-order chi connectivity index (χ0) is 9.42. The third kappa shape index (κ3) is 1.30. The van der Waals surface area contributed by atoms with Crippen molar-refractivity contribution < 1.29 is 9.84 Å². The van der Waals surface area contributed by atoms with Crippen LogP contribution in [0.2, 0.25) is 0 Å². The predicted octanol–water partition coefficient (Wildman–Crippen LogP) is 3.38. The van der Waals surface area contributed by atoms with E-state index in [0.717, 1.165) is 19.6 Å². The van der Waals surface area contributed by atoms with Gasteiger partial charge in [-0.15, -0.1) is 11.3 Å². The number of thiophene rings is 1. The van der Waals surface area contributed by atoms with Crippen molar-refractivity contribution in [2.24, 2.45) is 0 Å². The molecule has 0 aliphatic rings. The Kier molecular flexibility index (Phi) is 2.17. The molecule has 4 heteroatoms. The van der Waals surface area contributed by atoms with Crippen molar-refractivity contribution in [2.75, 3.05) is 7.11 Å². The van der Waals surface area contributed by atoms with Crippen LogP contribution in [0.4, 0.5) is 0 Å². The van der Waals surface area contributed by atoms with Crippen LogP contribution in [0, 0.1) is 0 Å². The van der Waals surface area contributed by atoms with Gasteiger partial charge >= 0.3 is 0 Å². The van der Waals surface area contributed by atoms with Gasteiger partial charge in [0.1, 0.15) is 9.54 Å². The second-order valence-electron chi connectivity index (χ2n) is 2.56. The summed E-state index contributed by atoms with van der Waals surface area (Å²) in [6.07, 6.45) is 0. The first-order valence-electron chi connectivity index (χ1n) is 3.68. The summed E-state index contributed by atoms with van der Waals surface area (Å²) >= 11 is 4.86. The Bertz CT molecular complexity index is 450. The Labute approximate surface area is 87.9 Å². The van der Waals surface area contributed by atoms with Gasteiger partial charge in [-0.25, -0.2) is 0 Å². The van der Waals surface area contributed by atoms with E-state index in [0.29, 0.717) is 5.75 Å². The Morgan fingerprint density at radius 2 is 2.23 bits per heavy atom. The van der Waals surface area contributed by atoms with Gasteiger partial charge in [-0.1, -0.05) is 6.07 Å². The Morgan fingerprint density at radius 3 is 2.92 bits per heavy atom. The van der Waals surface area contributed by atoms with Crippen molar-refractivity contribution >= 4 is 37.4 Å². The number of hydrogen-bond acceptors (Lipinski definition) is 3. The standard InChI is InChI=1S/C9H7BrO2S/c1-12-7-5-3-2-4-6(11)8(5)13-9(7)10/h2-4,11H,1H3. The first-order chi connectivity index (χ1) is 6.24. The fraction of sp³-hybridized carbons (Fsp3) is 0.111. The quantitative estimate of drug-likeness (QED) is 0.850. The van der Waals surface area contributed by atoms with Gasteiger partial charge in [0, 0.05) is 5.39 Å². The van der Waals surface area contributed by atoms with E-state index in [2.05, 4.69) is 15.9 Å². The average Bonchev–Trinajstić information content (AvgIpc) is 2.43. The summed E-state index contributed by atoms with van der Waals surface area (Å²) in [6.45, 7) is 0. The molecule has 0 bridgehead atoms. The van der Waals surface area contributed by atoms with E-state index in [-0.39, 0.29) is 0 Å². The van der Waals surface area contributed by atoms with Crippen LogP contribution >= 0.6 is 27.3 Å². The van der Waals surface area contributed by atoms with E-state index in [4.69, 9.17) is 4.74 Å². The number of hydrogen-bond donors (Lipinski definition) is 1. The van der Waals surface area contributed by atoms with E-state index in [1.807, 2.05) is 6.07 Å². The van der Waals surface area contributed by atoms with Crippen LogP contribution in [0.3, 0.4) is 0 Å². The maximum atomic E-state index is 9.54. The van der Waals surface area contributed by atoms with Crippen LogP contribution in [0.5, 0.6) is 11.5 Å². The number of methoxy groups -OCH3 is 1.